The highest BCUT2D eigenvalue weighted by Crippen LogP contribution is 2.38. The van der Waals surface area contributed by atoms with E-state index in [0.29, 0.717) is 26.2 Å². The maximum Gasteiger partial charge on any atom is 0.258 e. The van der Waals surface area contributed by atoms with Gasteiger partial charge in [-0.05, 0) is 6.07 Å². The molecule has 1 aromatic rings. The van der Waals surface area contributed by atoms with Gasteiger partial charge in [0.1, 0.15) is 6.04 Å². The lowest BCUT2D eigenvalue weighted by Crippen LogP contribution is -2.46. The summed E-state index contributed by atoms with van der Waals surface area (Å²) in [7, 11) is 1.40. The number of piperazine rings is 1. The number of nitrogens with one attached hydrogen (secondary N) is 1. The predicted octanol–water partition coefficient (Wildman–Crippen LogP) is 2.46. The first kappa shape index (κ1) is 20.2. The molecule has 0 saturated carbocycles. The number of nitrogens with zero attached hydrogens (tertiary/aromatic N) is 1. The van der Waals surface area contributed by atoms with Gasteiger partial charge < -0.3 is 15.2 Å². The highest BCUT2D eigenvalue weighted by Gasteiger charge is 2.32. The smallest absolute Gasteiger partial charge is 0.258 e. The molecule has 2 rings (SSSR count). The fourth-order valence-electron chi connectivity index (χ4n) is 2.39. The van der Waals surface area contributed by atoms with Crippen LogP contribution in [0.15, 0.2) is 18.2 Å². The van der Waals surface area contributed by atoms with Crippen LogP contribution >= 0.6 is 24.8 Å². The summed E-state index contributed by atoms with van der Waals surface area (Å²) in [6, 6.07) is 3.60. The van der Waals surface area contributed by atoms with Gasteiger partial charge in [0.25, 0.3) is 6.43 Å². The van der Waals surface area contributed by atoms with Gasteiger partial charge in [0, 0.05) is 31.7 Å². The Hall–Kier alpha value is -0.820. The molecule has 122 valence electrons. The van der Waals surface area contributed by atoms with Gasteiger partial charge in [-0.1, -0.05) is 12.1 Å². The van der Waals surface area contributed by atoms with E-state index in [0.717, 1.165) is 0 Å². The number of hydrogen-bond acceptors (Lipinski definition) is 4. The van der Waals surface area contributed by atoms with Gasteiger partial charge in [-0.25, -0.2) is 8.78 Å². The van der Waals surface area contributed by atoms with Gasteiger partial charge in [-0.15, -0.1) is 24.8 Å². The van der Waals surface area contributed by atoms with E-state index in [1.165, 1.54) is 13.2 Å². The highest BCUT2D eigenvalue weighted by atomic mass is 35.5. The SMILES string of the molecule is COc1cccc([C@H](C(F)F)N2CCNCC2)c1O.Cl.Cl. The molecule has 1 atom stereocenters. The van der Waals surface area contributed by atoms with Crippen LogP contribution in [-0.2, 0) is 0 Å². The van der Waals surface area contributed by atoms with Gasteiger partial charge in [0.05, 0.1) is 7.11 Å². The molecular formula is C13H20Cl2F2N2O2. The van der Waals surface area contributed by atoms with E-state index in [1.807, 2.05) is 0 Å². The van der Waals surface area contributed by atoms with Crippen LogP contribution in [-0.4, -0.2) is 49.7 Å². The number of rotatable bonds is 4. The van der Waals surface area contributed by atoms with E-state index in [9.17, 15) is 13.9 Å². The Morgan fingerprint density at radius 2 is 1.86 bits per heavy atom. The second-order valence-electron chi connectivity index (χ2n) is 4.46. The van der Waals surface area contributed by atoms with Crippen molar-refractivity contribution in [2.75, 3.05) is 33.3 Å². The fourth-order valence-corrected chi connectivity index (χ4v) is 2.39. The first-order valence-electron chi connectivity index (χ1n) is 6.24. The molecule has 8 heteroatoms. The molecule has 1 fully saturated rings. The van der Waals surface area contributed by atoms with Crippen molar-refractivity contribution in [2.24, 2.45) is 0 Å². The molecule has 1 heterocycles. The summed E-state index contributed by atoms with van der Waals surface area (Å²) in [6.45, 7) is 2.42. The molecule has 1 aromatic carbocycles. The summed E-state index contributed by atoms with van der Waals surface area (Å²) in [5.41, 5.74) is 0.219. The highest BCUT2D eigenvalue weighted by molar-refractivity contribution is 5.85. The van der Waals surface area contributed by atoms with Crippen LogP contribution in [0.5, 0.6) is 11.5 Å². The molecule has 4 nitrogen and oxygen atoms in total. The van der Waals surface area contributed by atoms with Crippen LogP contribution < -0.4 is 10.1 Å². The molecule has 0 aliphatic carbocycles. The van der Waals surface area contributed by atoms with Gasteiger partial charge in [-0.2, -0.15) is 0 Å². The monoisotopic (exact) mass is 344 g/mol. The van der Waals surface area contributed by atoms with Crippen molar-refractivity contribution in [1.82, 2.24) is 10.2 Å². The van der Waals surface area contributed by atoms with Gasteiger partial charge >= 0.3 is 0 Å². The Labute approximate surface area is 135 Å². The van der Waals surface area contributed by atoms with E-state index in [2.05, 4.69) is 5.32 Å². The standard InChI is InChI=1S/C13H18F2N2O2.2ClH/c1-19-10-4-2-3-9(12(10)18)11(13(14)15)17-7-5-16-6-8-17;;/h2-4,11,13,16,18H,5-8H2,1H3;2*1H/t11-;;/m1../s1. The molecular weight excluding hydrogens is 325 g/mol. The summed E-state index contributed by atoms with van der Waals surface area (Å²) in [4.78, 5) is 1.69. The lowest BCUT2D eigenvalue weighted by Gasteiger charge is -2.35. The summed E-state index contributed by atoms with van der Waals surface area (Å²) in [6.07, 6.45) is -2.56. The number of alkyl halides is 2. The lowest BCUT2D eigenvalue weighted by molar-refractivity contribution is 0.0169. The normalized spacial score (nSPS) is 16.8. The number of halogens is 4. The molecule has 0 aromatic heterocycles. The lowest BCUT2D eigenvalue weighted by atomic mass is 10.0. The molecule has 1 aliphatic rings. The van der Waals surface area contributed by atoms with E-state index >= 15 is 0 Å². The third-order valence-electron chi connectivity index (χ3n) is 3.35. The zero-order chi connectivity index (χ0) is 13.8. The number of hydrogen-bond donors (Lipinski definition) is 2. The summed E-state index contributed by atoms with van der Waals surface area (Å²) in [5, 5.41) is 13.2. The quantitative estimate of drug-likeness (QED) is 0.880. The van der Waals surface area contributed by atoms with Crippen LogP contribution in [0.25, 0.3) is 0 Å². The van der Waals surface area contributed by atoms with Gasteiger partial charge in [-0.3, -0.25) is 4.90 Å². The van der Waals surface area contributed by atoms with E-state index in [-0.39, 0.29) is 41.9 Å². The van der Waals surface area contributed by atoms with Crippen LogP contribution in [0.3, 0.4) is 0 Å². The van der Waals surface area contributed by atoms with Crippen molar-refractivity contribution in [3.05, 3.63) is 23.8 Å². The maximum absolute atomic E-state index is 13.4. The molecule has 0 bridgehead atoms. The zero-order valence-electron chi connectivity index (χ0n) is 11.6. The van der Waals surface area contributed by atoms with Crippen molar-refractivity contribution in [3.8, 4) is 11.5 Å². The van der Waals surface area contributed by atoms with Gasteiger partial charge in [0.15, 0.2) is 11.5 Å². The number of phenolic OH excluding ortho intramolecular Hbond substituents is 1. The minimum atomic E-state index is -2.56. The molecule has 0 amide bonds. The zero-order valence-corrected chi connectivity index (χ0v) is 13.2. The summed E-state index contributed by atoms with van der Waals surface area (Å²) < 4.78 is 31.7. The second-order valence-corrected chi connectivity index (χ2v) is 4.46. The number of aromatic hydroxyl groups is 1. The first-order valence-corrected chi connectivity index (χ1v) is 6.24. The van der Waals surface area contributed by atoms with E-state index in [1.54, 1.807) is 17.0 Å². The Balaban J connectivity index is 0.00000200. The average molecular weight is 345 g/mol. The second kappa shape index (κ2) is 9.25. The fraction of sp³-hybridized carbons (Fsp3) is 0.538. The number of phenols is 1. The molecule has 1 saturated heterocycles. The Bertz CT molecular complexity index is 433. The van der Waals surface area contributed by atoms with Crippen LogP contribution in [0.1, 0.15) is 11.6 Å². The third-order valence-corrected chi connectivity index (χ3v) is 3.35. The summed E-state index contributed by atoms with van der Waals surface area (Å²) in [5.74, 6) is 0.0205. The van der Waals surface area contributed by atoms with Crippen molar-refractivity contribution in [3.63, 3.8) is 0 Å². The van der Waals surface area contributed by atoms with Crippen molar-refractivity contribution < 1.29 is 18.6 Å². The van der Waals surface area contributed by atoms with E-state index in [4.69, 9.17) is 4.74 Å². The molecule has 0 unspecified atom stereocenters. The number of ether oxygens (including phenoxy) is 1. The predicted molar refractivity (Wildman–Crippen MR) is 82.3 cm³/mol. The Kier molecular flexibility index (Phi) is 8.89. The maximum atomic E-state index is 13.4. The minimum Gasteiger partial charge on any atom is -0.504 e. The number of benzene rings is 1. The molecule has 1 aliphatic heterocycles. The van der Waals surface area contributed by atoms with Crippen molar-refractivity contribution >= 4 is 24.8 Å². The molecule has 0 radical (unpaired) electrons. The molecule has 21 heavy (non-hydrogen) atoms. The Morgan fingerprint density at radius 3 is 2.38 bits per heavy atom. The largest absolute Gasteiger partial charge is 0.504 e. The van der Waals surface area contributed by atoms with Crippen molar-refractivity contribution in [2.45, 2.75) is 12.5 Å². The average Bonchev–Trinajstić information content (AvgIpc) is 2.42. The number of para-hydroxylation sites is 1. The molecule has 2 N–H and O–H groups in total. The first-order chi connectivity index (χ1) is 9.15. The minimum absolute atomic E-state index is 0. The van der Waals surface area contributed by atoms with Crippen molar-refractivity contribution in [1.29, 1.82) is 0 Å². The van der Waals surface area contributed by atoms with Crippen LogP contribution in [0.4, 0.5) is 8.78 Å². The van der Waals surface area contributed by atoms with Crippen LogP contribution in [0.2, 0.25) is 0 Å². The van der Waals surface area contributed by atoms with E-state index < -0.39 is 12.5 Å². The number of methoxy groups -OCH3 is 1. The molecule has 0 spiro atoms. The van der Waals surface area contributed by atoms with Gasteiger partial charge in [0.2, 0.25) is 0 Å². The summed E-state index contributed by atoms with van der Waals surface area (Å²) >= 11 is 0. The third kappa shape index (κ3) is 4.57. The Morgan fingerprint density at radius 1 is 1.24 bits per heavy atom. The van der Waals surface area contributed by atoms with Crippen LogP contribution in [0, 0.1) is 0 Å². The topological polar surface area (TPSA) is 44.7 Å².